The normalized spacial score (nSPS) is 30.7. The SMILES string of the molecule is CCCC1CCCCN1CC(C#N)(NC1CC1)C1CC1. The van der Waals surface area contributed by atoms with E-state index in [9.17, 15) is 5.26 Å². The molecule has 0 amide bonds. The van der Waals surface area contributed by atoms with Gasteiger partial charge in [-0.2, -0.15) is 5.26 Å². The lowest BCUT2D eigenvalue weighted by molar-refractivity contribution is 0.103. The summed E-state index contributed by atoms with van der Waals surface area (Å²) in [6.07, 6.45) is 11.6. The average Bonchev–Trinajstić information content (AvgIpc) is 3.33. The number of nitrogens with zero attached hydrogens (tertiary/aromatic N) is 2. The van der Waals surface area contributed by atoms with E-state index >= 15 is 0 Å². The molecule has 3 fully saturated rings. The van der Waals surface area contributed by atoms with E-state index in [1.54, 1.807) is 0 Å². The third kappa shape index (κ3) is 3.18. The maximum Gasteiger partial charge on any atom is 0.122 e. The Morgan fingerprint density at radius 2 is 2.00 bits per heavy atom. The van der Waals surface area contributed by atoms with Gasteiger partial charge in [0.1, 0.15) is 5.54 Å². The van der Waals surface area contributed by atoms with Crippen molar-refractivity contribution < 1.29 is 0 Å². The van der Waals surface area contributed by atoms with Crippen LogP contribution in [0.15, 0.2) is 0 Å². The minimum absolute atomic E-state index is 0.246. The number of hydrogen-bond acceptors (Lipinski definition) is 3. The first-order valence-corrected chi connectivity index (χ1v) is 8.70. The highest BCUT2D eigenvalue weighted by molar-refractivity contribution is 5.19. The topological polar surface area (TPSA) is 39.1 Å². The van der Waals surface area contributed by atoms with Crippen molar-refractivity contribution in [1.29, 1.82) is 5.26 Å². The Morgan fingerprint density at radius 1 is 1.20 bits per heavy atom. The van der Waals surface area contributed by atoms with Gasteiger partial charge in [0, 0.05) is 18.6 Å². The molecule has 3 heteroatoms. The zero-order valence-corrected chi connectivity index (χ0v) is 12.9. The van der Waals surface area contributed by atoms with Crippen molar-refractivity contribution in [3.05, 3.63) is 0 Å². The van der Waals surface area contributed by atoms with Crippen molar-refractivity contribution in [3.8, 4) is 6.07 Å². The first kappa shape index (κ1) is 14.4. The molecule has 20 heavy (non-hydrogen) atoms. The lowest BCUT2D eigenvalue weighted by atomic mass is 9.90. The van der Waals surface area contributed by atoms with Crippen LogP contribution in [0.5, 0.6) is 0 Å². The Morgan fingerprint density at radius 3 is 2.60 bits per heavy atom. The molecule has 1 N–H and O–H groups in total. The van der Waals surface area contributed by atoms with Crippen LogP contribution in [0.2, 0.25) is 0 Å². The molecule has 2 atom stereocenters. The molecule has 3 aliphatic rings. The predicted octanol–water partition coefficient (Wildman–Crippen LogP) is 3.07. The number of likely N-dealkylation sites (tertiary alicyclic amines) is 1. The van der Waals surface area contributed by atoms with Gasteiger partial charge in [-0.1, -0.05) is 19.8 Å². The lowest BCUT2D eigenvalue weighted by Gasteiger charge is -2.41. The summed E-state index contributed by atoms with van der Waals surface area (Å²) in [5, 5.41) is 13.6. The molecule has 0 aromatic rings. The van der Waals surface area contributed by atoms with Gasteiger partial charge in [-0.25, -0.2) is 0 Å². The molecule has 0 spiro atoms. The summed E-state index contributed by atoms with van der Waals surface area (Å²) in [4.78, 5) is 2.64. The molecule has 0 aromatic carbocycles. The molecule has 3 nitrogen and oxygen atoms in total. The fourth-order valence-electron chi connectivity index (χ4n) is 3.87. The maximum atomic E-state index is 9.87. The molecule has 2 aliphatic carbocycles. The van der Waals surface area contributed by atoms with E-state index < -0.39 is 0 Å². The molecule has 1 aliphatic heterocycles. The van der Waals surface area contributed by atoms with Crippen LogP contribution in [0.3, 0.4) is 0 Å². The summed E-state index contributed by atoms with van der Waals surface area (Å²) >= 11 is 0. The Hall–Kier alpha value is -0.590. The summed E-state index contributed by atoms with van der Waals surface area (Å²) in [7, 11) is 0. The molecule has 0 bridgehead atoms. The smallest absolute Gasteiger partial charge is 0.122 e. The number of hydrogen-bond donors (Lipinski definition) is 1. The van der Waals surface area contributed by atoms with Crippen molar-refractivity contribution >= 4 is 0 Å². The van der Waals surface area contributed by atoms with Gasteiger partial charge in [-0.3, -0.25) is 10.2 Å². The monoisotopic (exact) mass is 275 g/mol. The second-order valence-corrected chi connectivity index (χ2v) is 7.18. The van der Waals surface area contributed by atoms with E-state index in [1.165, 1.54) is 64.3 Å². The Kier molecular flexibility index (Phi) is 4.33. The third-order valence-corrected chi connectivity index (χ3v) is 5.34. The number of nitriles is 1. The van der Waals surface area contributed by atoms with Crippen molar-refractivity contribution in [3.63, 3.8) is 0 Å². The first-order chi connectivity index (χ1) is 9.77. The molecular formula is C17H29N3. The Bertz CT molecular complexity index is 365. The summed E-state index contributed by atoms with van der Waals surface area (Å²) < 4.78 is 0. The van der Waals surface area contributed by atoms with Gasteiger partial charge in [0.2, 0.25) is 0 Å². The lowest BCUT2D eigenvalue weighted by Crippen LogP contribution is -2.57. The van der Waals surface area contributed by atoms with Gasteiger partial charge in [-0.15, -0.1) is 0 Å². The van der Waals surface area contributed by atoms with Gasteiger partial charge in [0.05, 0.1) is 6.07 Å². The van der Waals surface area contributed by atoms with Crippen LogP contribution in [0, 0.1) is 17.2 Å². The number of piperidine rings is 1. The number of nitrogens with one attached hydrogen (secondary N) is 1. The van der Waals surface area contributed by atoms with E-state index in [0.29, 0.717) is 12.0 Å². The molecule has 112 valence electrons. The van der Waals surface area contributed by atoms with E-state index in [0.717, 1.165) is 12.6 Å². The minimum atomic E-state index is -0.246. The second kappa shape index (κ2) is 6.03. The molecule has 0 radical (unpaired) electrons. The van der Waals surface area contributed by atoms with Crippen LogP contribution in [0.1, 0.15) is 64.7 Å². The van der Waals surface area contributed by atoms with E-state index in [1.807, 2.05) is 0 Å². The second-order valence-electron chi connectivity index (χ2n) is 7.18. The highest BCUT2D eigenvalue weighted by Crippen LogP contribution is 2.42. The summed E-state index contributed by atoms with van der Waals surface area (Å²) in [6, 6.07) is 4.06. The van der Waals surface area contributed by atoms with Crippen molar-refractivity contribution in [2.75, 3.05) is 13.1 Å². The summed E-state index contributed by atoms with van der Waals surface area (Å²) in [6.45, 7) is 4.45. The molecule has 1 saturated heterocycles. The molecular weight excluding hydrogens is 246 g/mol. The van der Waals surface area contributed by atoms with Gasteiger partial charge in [-0.05, 0) is 57.4 Å². The van der Waals surface area contributed by atoms with Crippen LogP contribution in [-0.4, -0.2) is 35.6 Å². The van der Waals surface area contributed by atoms with Gasteiger partial charge in [0.25, 0.3) is 0 Å². The maximum absolute atomic E-state index is 9.87. The quantitative estimate of drug-likeness (QED) is 0.776. The van der Waals surface area contributed by atoms with Crippen molar-refractivity contribution in [2.45, 2.75) is 82.3 Å². The van der Waals surface area contributed by atoms with Gasteiger partial charge < -0.3 is 0 Å². The third-order valence-electron chi connectivity index (χ3n) is 5.34. The highest BCUT2D eigenvalue weighted by atomic mass is 15.2. The molecule has 2 unspecified atom stereocenters. The first-order valence-electron chi connectivity index (χ1n) is 8.70. The largest absolute Gasteiger partial charge is 0.297 e. The average molecular weight is 275 g/mol. The van der Waals surface area contributed by atoms with Crippen LogP contribution in [-0.2, 0) is 0 Å². The van der Waals surface area contributed by atoms with Crippen LogP contribution < -0.4 is 5.32 Å². The summed E-state index contributed by atoms with van der Waals surface area (Å²) in [5.41, 5.74) is -0.246. The van der Waals surface area contributed by atoms with E-state index in [2.05, 4.69) is 23.2 Å². The molecule has 2 saturated carbocycles. The Labute approximate surface area is 123 Å². The van der Waals surface area contributed by atoms with E-state index in [4.69, 9.17) is 0 Å². The molecule has 0 aromatic heterocycles. The fourth-order valence-corrected chi connectivity index (χ4v) is 3.87. The minimum Gasteiger partial charge on any atom is -0.297 e. The zero-order valence-electron chi connectivity index (χ0n) is 12.9. The summed E-state index contributed by atoms with van der Waals surface area (Å²) in [5.74, 6) is 0.609. The van der Waals surface area contributed by atoms with Crippen molar-refractivity contribution in [1.82, 2.24) is 10.2 Å². The standard InChI is InChI=1S/C17H29N3/c1-2-5-16-6-3-4-11-20(16)13-17(12-18,14-7-8-14)19-15-9-10-15/h14-16,19H,2-11,13H2,1H3. The Balaban J connectivity index is 1.68. The van der Waals surface area contributed by atoms with Crippen LogP contribution >= 0.6 is 0 Å². The van der Waals surface area contributed by atoms with E-state index in [-0.39, 0.29) is 5.54 Å². The van der Waals surface area contributed by atoms with Crippen LogP contribution in [0.25, 0.3) is 0 Å². The predicted molar refractivity (Wildman–Crippen MR) is 81.3 cm³/mol. The molecule has 3 rings (SSSR count). The van der Waals surface area contributed by atoms with Crippen LogP contribution in [0.4, 0.5) is 0 Å². The van der Waals surface area contributed by atoms with Gasteiger partial charge >= 0.3 is 0 Å². The van der Waals surface area contributed by atoms with Crippen molar-refractivity contribution in [2.24, 2.45) is 5.92 Å². The van der Waals surface area contributed by atoms with Gasteiger partial charge in [0.15, 0.2) is 0 Å². The highest BCUT2D eigenvalue weighted by Gasteiger charge is 2.49. The number of rotatable bonds is 7. The fraction of sp³-hybridized carbons (Fsp3) is 0.941. The molecule has 1 heterocycles. The zero-order chi connectivity index (χ0) is 14.0.